The molecular weight excluding hydrogens is 450 g/mol. The van der Waals surface area contributed by atoms with E-state index in [1.54, 1.807) is 17.0 Å². The minimum Gasteiger partial charge on any atom is -0.326 e. The molecule has 0 unspecified atom stereocenters. The molecule has 2 amide bonds. The molecule has 2 aromatic carbocycles. The predicted octanol–water partition coefficient (Wildman–Crippen LogP) is 3.63. The Kier molecular flexibility index (Phi) is 6.40. The second-order valence-electron chi connectivity index (χ2n) is 10.1. The Labute approximate surface area is 201 Å². The summed E-state index contributed by atoms with van der Waals surface area (Å²) in [7, 11) is -3.39. The Bertz CT molecular complexity index is 1240. The van der Waals surface area contributed by atoms with Crippen LogP contribution in [0, 0.1) is 0 Å². The van der Waals surface area contributed by atoms with Crippen LogP contribution in [0.4, 0.5) is 5.69 Å². The third-order valence-corrected chi connectivity index (χ3v) is 7.09. The zero-order chi connectivity index (χ0) is 24.7. The number of carbonyl (C=O) groups is 2. The number of amides is 2. The number of piperidine rings is 1. The lowest BCUT2D eigenvalue weighted by Gasteiger charge is -2.37. The molecule has 0 bridgehead atoms. The van der Waals surface area contributed by atoms with Crippen molar-refractivity contribution in [3.63, 3.8) is 0 Å². The van der Waals surface area contributed by atoms with Crippen molar-refractivity contribution in [1.82, 2.24) is 9.62 Å². The summed E-state index contributed by atoms with van der Waals surface area (Å²) in [6, 6.07) is 12.7. The zero-order valence-electron chi connectivity index (χ0n) is 20.0. The van der Waals surface area contributed by atoms with Gasteiger partial charge in [0, 0.05) is 12.6 Å². The molecule has 1 saturated heterocycles. The molecule has 0 aliphatic carbocycles. The summed E-state index contributed by atoms with van der Waals surface area (Å²) in [6.07, 6.45) is 5.75. The molecule has 8 heteroatoms. The first-order valence-electron chi connectivity index (χ1n) is 11.4. The number of nitrogens with one attached hydrogen (secondary N) is 2. The van der Waals surface area contributed by atoms with Crippen LogP contribution in [0.2, 0.25) is 0 Å². The Hall–Kier alpha value is -2.97. The van der Waals surface area contributed by atoms with Gasteiger partial charge in [0.15, 0.2) is 0 Å². The molecule has 4 rings (SSSR count). The molecule has 0 saturated carbocycles. The minimum absolute atomic E-state index is 0.0945. The molecule has 2 N–H and O–H groups in total. The summed E-state index contributed by atoms with van der Waals surface area (Å²) in [5, 5.41) is 2.85. The Morgan fingerprint density at radius 1 is 1.03 bits per heavy atom. The quantitative estimate of drug-likeness (QED) is 0.652. The van der Waals surface area contributed by atoms with E-state index >= 15 is 0 Å². The normalized spacial score (nSPS) is 21.1. The van der Waals surface area contributed by atoms with E-state index in [1.807, 2.05) is 18.2 Å². The second-order valence-corrected chi connectivity index (χ2v) is 11.9. The first-order valence-corrected chi connectivity index (χ1v) is 13.3. The molecule has 2 heterocycles. The molecule has 2 aromatic rings. The fourth-order valence-electron chi connectivity index (χ4n) is 4.48. The molecule has 0 aromatic heterocycles. The fourth-order valence-corrected chi connectivity index (χ4v) is 5.30. The van der Waals surface area contributed by atoms with Gasteiger partial charge in [-0.25, -0.2) is 13.1 Å². The molecule has 1 fully saturated rings. The van der Waals surface area contributed by atoms with E-state index in [4.69, 9.17) is 0 Å². The van der Waals surface area contributed by atoms with Crippen molar-refractivity contribution in [2.45, 2.75) is 51.1 Å². The van der Waals surface area contributed by atoms with Crippen LogP contribution in [0.5, 0.6) is 0 Å². The first kappa shape index (κ1) is 24.2. The molecule has 2 atom stereocenters. The molecule has 0 radical (unpaired) electrons. The smallest absolute Gasteiger partial charge is 0.256 e. The average Bonchev–Trinajstić information content (AvgIpc) is 2.85. The van der Waals surface area contributed by atoms with Gasteiger partial charge in [-0.15, -0.1) is 0 Å². The van der Waals surface area contributed by atoms with Crippen molar-refractivity contribution in [2.24, 2.45) is 0 Å². The van der Waals surface area contributed by atoms with Crippen molar-refractivity contribution < 1.29 is 18.0 Å². The number of anilines is 1. The van der Waals surface area contributed by atoms with Gasteiger partial charge in [0.05, 0.1) is 17.5 Å². The number of carbonyl (C=O) groups excluding carboxylic acids is 2. The summed E-state index contributed by atoms with van der Waals surface area (Å²) >= 11 is 0. The van der Waals surface area contributed by atoms with E-state index < -0.39 is 16.1 Å². The SMILES string of the molecule is CC(C)(C)c1ccc(/C=C/c2ccc3c(c2)C(=O)N2CC[C@H](NS(C)(=O)=O)C[C@H]2C(=O)N3)cc1. The first-order chi connectivity index (χ1) is 15.9. The van der Waals surface area contributed by atoms with Crippen LogP contribution in [-0.4, -0.2) is 50.0 Å². The highest BCUT2D eigenvalue weighted by Gasteiger charge is 2.40. The Morgan fingerprint density at radius 2 is 1.68 bits per heavy atom. The molecular formula is C26H31N3O4S. The van der Waals surface area contributed by atoms with Crippen LogP contribution in [0.1, 0.15) is 60.7 Å². The van der Waals surface area contributed by atoms with E-state index in [1.165, 1.54) is 5.56 Å². The van der Waals surface area contributed by atoms with Crippen molar-refractivity contribution >= 4 is 39.7 Å². The van der Waals surface area contributed by atoms with Crippen molar-refractivity contribution in [3.8, 4) is 0 Å². The maximum Gasteiger partial charge on any atom is 0.256 e. The van der Waals surface area contributed by atoms with Crippen LogP contribution in [0.15, 0.2) is 42.5 Å². The number of fused-ring (bicyclic) bond motifs is 2. The van der Waals surface area contributed by atoms with Crippen LogP contribution in [0.25, 0.3) is 12.2 Å². The highest BCUT2D eigenvalue weighted by molar-refractivity contribution is 7.88. The lowest BCUT2D eigenvalue weighted by atomic mass is 9.87. The number of hydrogen-bond donors (Lipinski definition) is 2. The van der Waals surface area contributed by atoms with Crippen molar-refractivity contribution in [3.05, 3.63) is 64.7 Å². The van der Waals surface area contributed by atoms with Crippen LogP contribution in [-0.2, 0) is 20.2 Å². The van der Waals surface area contributed by atoms with Gasteiger partial charge in [0.1, 0.15) is 6.04 Å². The fraction of sp³-hybridized carbons (Fsp3) is 0.385. The number of benzene rings is 2. The molecule has 0 spiro atoms. The monoisotopic (exact) mass is 481 g/mol. The lowest BCUT2D eigenvalue weighted by molar-refractivity contribution is -0.121. The highest BCUT2D eigenvalue weighted by atomic mass is 32.2. The van der Waals surface area contributed by atoms with Gasteiger partial charge < -0.3 is 10.2 Å². The van der Waals surface area contributed by atoms with Gasteiger partial charge in [-0.1, -0.05) is 63.3 Å². The standard InChI is InChI=1S/C26H31N3O4S/c1-26(2,3)19-10-7-17(8-11-19)5-6-18-9-12-22-21(15-18)25(31)29-14-13-20(28-34(4,32)33)16-23(29)24(30)27-22/h5-12,15,20,23,28H,13-14,16H2,1-4H3,(H,27,30)/b6-5+/t20-,23-/m0/s1. The summed E-state index contributed by atoms with van der Waals surface area (Å²) in [6.45, 7) is 6.85. The lowest BCUT2D eigenvalue weighted by Crippen LogP contribution is -2.54. The summed E-state index contributed by atoms with van der Waals surface area (Å²) in [5.74, 6) is -0.518. The number of sulfonamides is 1. The molecule has 2 aliphatic rings. The van der Waals surface area contributed by atoms with Gasteiger partial charge in [0.2, 0.25) is 15.9 Å². The van der Waals surface area contributed by atoms with E-state index in [9.17, 15) is 18.0 Å². The summed E-state index contributed by atoms with van der Waals surface area (Å²) in [4.78, 5) is 27.8. The largest absolute Gasteiger partial charge is 0.326 e. The topological polar surface area (TPSA) is 95.6 Å². The number of nitrogens with zero attached hydrogens (tertiary/aromatic N) is 1. The third kappa shape index (κ3) is 5.39. The van der Waals surface area contributed by atoms with Crippen molar-refractivity contribution in [1.29, 1.82) is 0 Å². The Balaban J connectivity index is 1.54. The Morgan fingerprint density at radius 3 is 2.32 bits per heavy atom. The van der Waals surface area contributed by atoms with E-state index in [-0.39, 0.29) is 29.7 Å². The minimum atomic E-state index is -3.39. The number of hydrogen-bond acceptors (Lipinski definition) is 4. The summed E-state index contributed by atoms with van der Waals surface area (Å²) in [5.41, 5.74) is 4.19. The van der Waals surface area contributed by atoms with Crippen molar-refractivity contribution in [2.75, 3.05) is 18.1 Å². The predicted molar refractivity (Wildman–Crippen MR) is 135 cm³/mol. The van der Waals surface area contributed by atoms with Crippen LogP contribution >= 0.6 is 0 Å². The van der Waals surface area contributed by atoms with E-state index in [2.05, 4.69) is 55.1 Å². The van der Waals surface area contributed by atoms with Gasteiger partial charge in [0.25, 0.3) is 5.91 Å². The van der Waals surface area contributed by atoms with Crippen LogP contribution in [0.3, 0.4) is 0 Å². The van der Waals surface area contributed by atoms with E-state index in [0.717, 1.165) is 17.4 Å². The van der Waals surface area contributed by atoms with E-state index in [0.29, 0.717) is 24.2 Å². The molecule has 7 nitrogen and oxygen atoms in total. The maximum atomic E-state index is 13.3. The molecule has 180 valence electrons. The summed E-state index contributed by atoms with van der Waals surface area (Å²) < 4.78 is 25.8. The second kappa shape index (κ2) is 9.00. The van der Waals surface area contributed by atoms with Crippen LogP contribution < -0.4 is 10.0 Å². The number of rotatable bonds is 4. The third-order valence-electron chi connectivity index (χ3n) is 6.32. The van der Waals surface area contributed by atoms with Gasteiger partial charge in [-0.05, 0) is 47.1 Å². The average molecular weight is 482 g/mol. The maximum absolute atomic E-state index is 13.3. The highest BCUT2D eigenvalue weighted by Crippen LogP contribution is 2.30. The molecule has 34 heavy (non-hydrogen) atoms. The van der Waals surface area contributed by atoms with Gasteiger partial charge in [-0.2, -0.15) is 0 Å². The van der Waals surface area contributed by atoms with Gasteiger partial charge >= 0.3 is 0 Å². The zero-order valence-corrected chi connectivity index (χ0v) is 20.8. The molecule has 2 aliphatic heterocycles. The van der Waals surface area contributed by atoms with Gasteiger partial charge in [-0.3, -0.25) is 9.59 Å².